The summed E-state index contributed by atoms with van der Waals surface area (Å²) >= 11 is 0. The number of phosphoric acid groups is 2. The molecule has 0 spiro atoms. The molecule has 0 aliphatic rings. The molecule has 0 saturated carbocycles. The lowest BCUT2D eigenvalue weighted by molar-refractivity contribution is -0.161. The van der Waals surface area contributed by atoms with Crippen LogP contribution in [0.25, 0.3) is 0 Å². The highest BCUT2D eigenvalue weighted by Crippen LogP contribution is 2.45. The van der Waals surface area contributed by atoms with Gasteiger partial charge in [0.25, 0.3) is 0 Å². The minimum Gasteiger partial charge on any atom is -0.462 e. The number of phosphoric ester groups is 2. The van der Waals surface area contributed by atoms with Gasteiger partial charge in [-0.15, -0.1) is 0 Å². The molecule has 0 aromatic heterocycles. The molecule has 0 aliphatic heterocycles. The summed E-state index contributed by atoms with van der Waals surface area (Å²) in [6, 6.07) is 0. The van der Waals surface area contributed by atoms with Crippen molar-refractivity contribution in [3.05, 3.63) is 0 Å². The molecule has 0 heterocycles. The fourth-order valence-electron chi connectivity index (χ4n) is 10.9. The highest BCUT2D eigenvalue weighted by atomic mass is 31.2. The number of esters is 4. The number of unbranched alkanes of at least 4 members (excludes halogenated alkanes) is 46. The first-order valence-corrected chi connectivity index (χ1v) is 40.3. The van der Waals surface area contributed by atoms with E-state index in [1.54, 1.807) is 0 Å². The van der Waals surface area contributed by atoms with E-state index in [0.717, 1.165) is 96.3 Å². The van der Waals surface area contributed by atoms with Gasteiger partial charge in [0.1, 0.15) is 19.3 Å². The fourth-order valence-corrected chi connectivity index (χ4v) is 12.4. The summed E-state index contributed by atoms with van der Waals surface area (Å²) in [5.41, 5.74) is 0. The summed E-state index contributed by atoms with van der Waals surface area (Å²) in [5, 5.41) is 10.6. The van der Waals surface area contributed by atoms with Crippen LogP contribution in [0.5, 0.6) is 0 Å². The van der Waals surface area contributed by atoms with E-state index in [2.05, 4.69) is 27.7 Å². The molecule has 0 saturated heterocycles. The highest BCUT2D eigenvalue weighted by molar-refractivity contribution is 7.47. The predicted octanol–water partition coefficient (Wildman–Crippen LogP) is 20.7. The Balaban J connectivity index is 5.14. The Kier molecular flexibility index (Phi) is 64.3. The number of aliphatic hydroxyl groups excluding tert-OH is 1. The smallest absolute Gasteiger partial charge is 0.462 e. The van der Waals surface area contributed by atoms with Crippen molar-refractivity contribution < 1.29 is 80.2 Å². The van der Waals surface area contributed by atoms with Crippen LogP contribution in [-0.4, -0.2) is 96.7 Å². The van der Waals surface area contributed by atoms with Crippen molar-refractivity contribution in [3.63, 3.8) is 0 Å². The monoisotopic (exact) mass is 1320 g/mol. The van der Waals surface area contributed by atoms with Crippen LogP contribution in [0.4, 0.5) is 0 Å². The molecule has 0 amide bonds. The standard InChI is InChI=1S/C71H138O17P2/c1-5-9-13-17-20-23-26-29-32-35-38-41-44-48-52-56-69(74)82-62-67(88-71(76)58-54-50-46-43-40-37-34-31-28-25-22-19-15-11-7-3)64-86-90(79,80)84-60-65(72)59-83-89(77,78)85-63-66(61-81-68(73)55-51-47-16-12-8-4)87-70(75)57-53-49-45-42-39-36-33-30-27-24-21-18-14-10-6-2/h65-67,72H,5-64H2,1-4H3,(H,77,78)(H,79,80)/t65-,66+,67+/m0/s1. The van der Waals surface area contributed by atoms with E-state index < -0.39 is 97.5 Å². The third-order valence-electron chi connectivity index (χ3n) is 16.6. The highest BCUT2D eigenvalue weighted by Gasteiger charge is 2.30. The first kappa shape index (κ1) is 88.1. The molecule has 0 radical (unpaired) electrons. The first-order chi connectivity index (χ1) is 43.7. The van der Waals surface area contributed by atoms with Gasteiger partial charge in [-0.25, -0.2) is 9.13 Å². The van der Waals surface area contributed by atoms with E-state index in [1.165, 1.54) is 199 Å². The van der Waals surface area contributed by atoms with E-state index in [-0.39, 0.29) is 25.7 Å². The van der Waals surface area contributed by atoms with E-state index in [4.69, 9.17) is 37.0 Å². The maximum atomic E-state index is 13.0. The summed E-state index contributed by atoms with van der Waals surface area (Å²) in [6.07, 6.45) is 54.4. The van der Waals surface area contributed by atoms with Crippen molar-refractivity contribution in [2.24, 2.45) is 0 Å². The number of ether oxygens (including phenoxy) is 4. The maximum Gasteiger partial charge on any atom is 0.472 e. The summed E-state index contributed by atoms with van der Waals surface area (Å²) < 4.78 is 68.1. The second-order valence-corrected chi connectivity index (χ2v) is 28.5. The van der Waals surface area contributed by atoms with Crippen molar-refractivity contribution in [3.8, 4) is 0 Å². The van der Waals surface area contributed by atoms with Crippen LogP contribution in [0.1, 0.15) is 374 Å². The molecule has 0 aromatic rings. The van der Waals surface area contributed by atoms with Gasteiger partial charge in [0, 0.05) is 25.7 Å². The van der Waals surface area contributed by atoms with Gasteiger partial charge in [0.15, 0.2) is 12.2 Å². The number of hydrogen-bond acceptors (Lipinski definition) is 15. The van der Waals surface area contributed by atoms with Crippen LogP contribution in [0.15, 0.2) is 0 Å². The second kappa shape index (κ2) is 65.7. The summed E-state index contributed by atoms with van der Waals surface area (Å²) in [4.78, 5) is 72.3. The van der Waals surface area contributed by atoms with E-state index >= 15 is 0 Å². The van der Waals surface area contributed by atoms with Gasteiger partial charge in [0.2, 0.25) is 0 Å². The predicted molar refractivity (Wildman–Crippen MR) is 363 cm³/mol. The van der Waals surface area contributed by atoms with Crippen molar-refractivity contribution >= 4 is 39.5 Å². The molecule has 0 fully saturated rings. The van der Waals surface area contributed by atoms with Crippen molar-refractivity contribution in [1.82, 2.24) is 0 Å². The minimum absolute atomic E-state index is 0.108. The van der Waals surface area contributed by atoms with Crippen molar-refractivity contribution in [1.29, 1.82) is 0 Å². The SMILES string of the molecule is CCCCCCCCCCCCCCCCCC(=O)OC[C@H](COP(=O)(O)OC[C@@H](O)COP(=O)(O)OC[C@@H](COC(=O)CCCCCCC)OC(=O)CCCCCCCCCCCCCCCCC)OC(=O)CCCCCCCCCCCCCCCCC. The minimum atomic E-state index is -4.95. The molecule has 0 bridgehead atoms. The zero-order valence-electron chi connectivity index (χ0n) is 58.1. The molecule has 17 nitrogen and oxygen atoms in total. The van der Waals surface area contributed by atoms with Gasteiger partial charge < -0.3 is 33.8 Å². The molecule has 19 heteroatoms. The van der Waals surface area contributed by atoms with Gasteiger partial charge in [-0.1, -0.05) is 323 Å². The maximum absolute atomic E-state index is 13.0. The Labute approximate surface area is 549 Å². The molecule has 0 aromatic carbocycles. The van der Waals surface area contributed by atoms with Crippen molar-refractivity contribution in [2.75, 3.05) is 39.6 Å². The Morgan fingerprint density at radius 2 is 0.444 bits per heavy atom. The zero-order chi connectivity index (χ0) is 66.1. The van der Waals surface area contributed by atoms with Gasteiger partial charge in [0.05, 0.1) is 26.4 Å². The van der Waals surface area contributed by atoms with Gasteiger partial charge in [-0.3, -0.25) is 37.3 Å². The van der Waals surface area contributed by atoms with E-state index in [9.17, 15) is 43.2 Å². The van der Waals surface area contributed by atoms with Crippen LogP contribution < -0.4 is 0 Å². The number of hydrogen-bond donors (Lipinski definition) is 3. The Hall–Kier alpha value is -1.94. The molecular formula is C71H138O17P2. The number of aliphatic hydroxyl groups is 1. The van der Waals surface area contributed by atoms with Gasteiger partial charge in [-0.2, -0.15) is 0 Å². The topological polar surface area (TPSA) is 237 Å². The van der Waals surface area contributed by atoms with Crippen LogP contribution >= 0.6 is 15.6 Å². The molecule has 3 N–H and O–H groups in total. The van der Waals surface area contributed by atoms with Gasteiger partial charge in [-0.05, 0) is 25.7 Å². The Morgan fingerprint density at radius 3 is 0.656 bits per heavy atom. The lowest BCUT2D eigenvalue weighted by Gasteiger charge is -2.21. The van der Waals surface area contributed by atoms with Crippen LogP contribution in [0.3, 0.4) is 0 Å². The molecule has 0 rings (SSSR count). The molecular weight excluding hydrogens is 1190 g/mol. The van der Waals surface area contributed by atoms with Gasteiger partial charge >= 0.3 is 39.5 Å². The number of carbonyl (C=O) groups excluding carboxylic acids is 4. The van der Waals surface area contributed by atoms with Crippen LogP contribution in [0.2, 0.25) is 0 Å². The summed E-state index contributed by atoms with van der Waals surface area (Å²) in [7, 11) is -9.89. The van der Waals surface area contributed by atoms with E-state index in [0.29, 0.717) is 25.7 Å². The Morgan fingerprint density at radius 1 is 0.267 bits per heavy atom. The lowest BCUT2D eigenvalue weighted by atomic mass is 10.0. The van der Waals surface area contributed by atoms with Crippen LogP contribution in [-0.2, 0) is 65.4 Å². The first-order valence-electron chi connectivity index (χ1n) is 37.3. The second-order valence-electron chi connectivity index (χ2n) is 25.6. The number of carbonyl (C=O) groups is 4. The molecule has 534 valence electrons. The third kappa shape index (κ3) is 64.8. The van der Waals surface area contributed by atoms with Crippen molar-refractivity contribution in [2.45, 2.75) is 393 Å². The molecule has 90 heavy (non-hydrogen) atoms. The average molecular weight is 1330 g/mol. The normalized spacial score (nSPS) is 14.0. The molecule has 0 aliphatic carbocycles. The Bertz CT molecular complexity index is 1720. The zero-order valence-corrected chi connectivity index (χ0v) is 59.9. The molecule has 2 unspecified atom stereocenters. The quantitative estimate of drug-likeness (QED) is 0.0222. The van der Waals surface area contributed by atoms with Crippen LogP contribution in [0, 0.1) is 0 Å². The number of rotatable bonds is 72. The average Bonchev–Trinajstić information content (AvgIpc) is 3.25. The summed E-state index contributed by atoms with van der Waals surface area (Å²) in [6.45, 7) is 4.88. The molecule has 5 atom stereocenters. The third-order valence-corrected chi connectivity index (χ3v) is 18.5. The largest absolute Gasteiger partial charge is 0.472 e. The lowest BCUT2D eigenvalue weighted by Crippen LogP contribution is -2.30. The summed E-state index contributed by atoms with van der Waals surface area (Å²) in [5.74, 6) is -2.13. The fraction of sp³-hybridized carbons (Fsp3) is 0.944. The van der Waals surface area contributed by atoms with E-state index in [1.807, 2.05) is 0 Å².